The monoisotopic (exact) mass is 413 g/mol. The molecule has 154 valence electrons. The summed E-state index contributed by atoms with van der Waals surface area (Å²) in [7, 11) is 0. The molecule has 0 bridgehead atoms. The van der Waals surface area contributed by atoms with Crippen molar-refractivity contribution in [3.8, 4) is 5.75 Å². The fourth-order valence-corrected chi connectivity index (χ4v) is 4.19. The largest absolute Gasteiger partial charge is 0.492 e. The normalized spacial score (nSPS) is 17.0. The van der Waals surface area contributed by atoms with Crippen LogP contribution in [0.25, 0.3) is 11.0 Å². The number of H-pyrrole nitrogens is 1. The minimum Gasteiger partial charge on any atom is -0.492 e. The second-order valence-corrected chi connectivity index (χ2v) is 8.85. The van der Waals surface area contributed by atoms with E-state index in [1.165, 1.54) is 0 Å². The third-order valence-corrected chi connectivity index (χ3v) is 5.94. The Balaban J connectivity index is 1.41. The number of imidazole rings is 1. The molecule has 29 heavy (non-hydrogen) atoms. The van der Waals surface area contributed by atoms with Crippen LogP contribution in [-0.2, 0) is 15.2 Å². The molecule has 0 saturated carbocycles. The van der Waals surface area contributed by atoms with Crippen molar-refractivity contribution in [2.75, 3.05) is 19.8 Å². The molecular weight excluding hydrogens is 386 g/mol. The molecule has 3 heterocycles. The van der Waals surface area contributed by atoms with Crippen molar-refractivity contribution in [1.29, 1.82) is 0 Å². The zero-order chi connectivity index (χ0) is 20.4. The van der Waals surface area contributed by atoms with Crippen LogP contribution in [0.3, 0.4) is 0 Å². The number of rotatable bonds is 6. The summed E-state index contributed by atoms with van der Waals surface area (Å²) in [6.07, 6.45) is 1.88. The van der Waals surface area contributed by atoms with Gasteiger partial charge in [-0.25, -0.2) is 4.98 Å². The number of benzene rings is 1. The van der Waals surface area contributed by atoms with E-state index in [9.17, 15) is 0 Å². The highest BCUT2D eigenvalue weighted by molar-refractivity contribution is 7.98. The summed E-state index contributed by atoms with van der Waals surface area (Å²) in [5, 5.41) is 0.898. The topological polar surface area (TPSA) is 69.3 Å². The van der Waals surface area contributed by atoms with E-state index >= 15 is 0 Å². The Morgan fingerprint density at radius 2 is 1.97 bits per heavy atom. The molecule has 1 fully saturated rings. The van der Waals surface area contributed by atoms with Crippen LogP contribution in [0.2, 0.25) is 0 Å². The molecule has 6 nitrogen and oxygen atoms in total. The standard InChI is InChI=1S/C22H27N3O3S/c1-14-9-23-19(13-29-21-24-17-7-5-6-8-18(17)25-21)15(2)20(14)26-10-16-11-27-22(3,4)28-12-16/h5-9,16H,10-13H2,1-4H3,(H,24,25). The predicted molar refractivity (Wildman–Crippen MR) is 114 cm³/mol. The molecule has 0 spiro atoms. The molecule has 1 aliphatic rings. The SMILES string of the molecule is Cc1cnc(CSc2nc3ccccc3[nH]2)c(C)c1OCC1COC(C)(C)OC1. The summed E-state index contributed by atoms with van der Waals surface area (Å²) in [5.74, 6) is 1.36. The third-order valence-electron chi connectivity index (χ3n) is 5.06. The number of aromatic nitrogens is 3. The molecule has 0 unspecified atom stereocenters. The van der Waals surface area contributed by atoms with E-state index in [2.05, 4.69) is 21.9 Å². The summed E-state index contributed by atoms with van der Waals surface area (Å²) in [6.45, 7) is 9.83. The lowest BCUT2D eigenvalue weighted by Gasteiger charge is -2.34. The molecule has 1 N–H and O–H groups in total. The average molecular weight is 414 g/mol. The Hall–Kier alpha value is -2.09. The molecule has 0 amide bonds. The van der Waals surface area contributed by atoms with E-state index in [4.69, 9.17) is 14.2 Å². The van der Waals surface area contributed by atoms with E-state index in [-0.39, 0.29) is 5.92 Å². The molecule has 1 saturated heterocycles. The van der Waals surface area contributed by atoms with Crippen LogP contribution >= 0.6 is 11.8 Å². The first kappa shape index (κ1) is 20.2. The van der Waals surface area contributed by atoms with Gasteiger partial charge in [-0.1, -0.05) is 23.9 Å². The maximum atomic E-state index is 6.18. The number of fused-ring (bicyclic) bond motifs is 1. The van der Waals surface area contributed by atoms with E-state index < -0.39 is 5.79 Å². The fraction of sp³-hybridized carbons (Fsp3) is 0.455. The lowest BCUT2D eigenvalue weighted by atomic mass is 10.1. The Morgan fingerprint density at radius 1 is 1.21 bits per heavy atom. The number of nitrogens with one attached hydrogen (secondary N) is 1. The Morgan fingerprint density at radius 3 is 2.72 bits per heavy atom. The second-order valence-electron chi connectivity index (χ2n) is 7.89. The van der Waals surface area contributed by atoms with Crippen molar-refractivity contribution in [1.82, 2.24) is 15.0 Å². The van der Waals surface area contributed by atoms with Crippen molar-refractivity contribution < 1.29 is 14.2 Å². The van der Waals surface area contributed by atoms with Gasteiger partial charge < -0.3 is 19.2 Å². The smallest absolute Gasteiger partial charge is 0.166 e. The Bertz CT molecular complexity index is 959. The van der Waals surface area contributed by atoms with Gasteiger partial charge in [0.05, 0.1) is 36.5 Å². The first-order valence-corrected chi connectivity index (χ1v) is 10.8. The number of thioether (sulfide) groups is 1. The summed E-state index contributed by atoms with van der Waals surface area (Å²) < 4.78 is 17.7. The van der Waals surface area contributed by atoms with E-state index in [0.29, 0.717) is 19.8 Å². The zero-order valence-electron chi connectivity index (χ0n) is 17.3. The highest BCUT2D eigenvalue weighted by atomic mass is 32.2. The molecule has 0 aliphatic carbocycles. The van der Waals surface area contributed by atoms with Gasteiger partial charge in [0.15, 0.2) is 10.9 Å². The van der Waals surface area contributed by atoms with Gasteiger partial charge in [-0.3, -0.25) is 4.98 Å². The molecule has 3 aromatic rings. The number of ether oxygens (including phenoxy) is 3. The van der Waals surface area contributed by atoms with E-state index in [1.807, 2.05) is 51.2 Å². The zero-order valence-corrected chi connectivity index (χ0v) is 18.1. The summed E-state index contributed by atoms with van der Waals surface area (Å²) in [5.41, 5.74) is 5.15. The van der Waals surface area contributed by atoms with Gasteiger partial charge in [-0.05, 0) is 39.8 Å². The van der Waals surface area contributed by atoms with Gasteiger partial charge in [0.25, 0.3) is 0 Å². The number of para-hydroxylation sites is 2. The number of pyridine rings is 1. The lowest BCUT2D eigenvalue weighted by Crippen LogP contribution is -2.41. The lowest BCUT2D eigenvalue weighted by molar-refractivity contribution is -0.264. The van der Waals surface area contributed by atoms with Crippen LogP contribution in [0.4, 0.5) is 0 Å². The fourth-order valence-electron chi connectivity index (χ4n) is 3.28. The van der Waals surface area contributed by atoms with E-state index in [0.717, 1.165) is 44.5 Å². The van der Waals surface area contributed by atoms with Gasteiger partial charge in [0, 0.05) is 29.0 Å². The quantitative estimate of drug-likeness (QED) is 0.594. The van der Waals surface area contributed by atoms with Gasteiger partial charge in [-0.15, -0.1) is 0 Å². The minimum atomic E-state index is -0.500. The van der Waals surface area contributed by atoms with Gasteiger partial charge >= 0.3 is 0 Å². The molecule has 2 aromatic heterocycles. The number of nitrogens with zero attached hydrogens (tertiary/aromatic N) is 2. The molecule has 1 aromatic carbocycles. The minimum absolute atomic E-state index is 0.225. The van der Waals surface area contributed by atoms with Gasteiger partial charge in [0.2, 0.25) is 0 Å². The van der Waals surface area contributed by atoms with Crippen LogP contribution in [0.15, 0.2) is 35.6 Å². The maximum Gasteiger partial charge on any atom is 0.166 e. The second kappa shape index (κ2) is 8.34. The average Bonchev–Trinajstić information content (AvgIpc) is 3.11. The van der Waals surface area contributed by atoms with Crippen molar-refractivity contribution in [2.45, 2.75) is 44.4 Å². The van der Waals surface area contributed by atoms with Crippen molar-refractivity contribution >= 4 is 22.8 Å². The first-order chi connectivity index (χ1) is 13.9. The Kier molecular flexibility index (Phi) is 5.81. The number of hydrogen-bond acceptors (Lipinski definition) is 6. The van der Waals surface area contributed by atoms with Gasteiger partial charge in [0.1, 0.15) is 5.75 Å². The van der Waals surface area contributed by atoms with Crippen molar-refractivity contribution in [3.05, 3.63) is 47.3 Å². The Labute approximate surface area is 175 Å². The number of aryl methyl sites for hydroxylation is 1. The van der Waals surface area contributed by atoms with Crippen molar-refractivity contribution in [2.24, 2.45) is 5.92 Å². The summed E-state index contributed by atoms with van der Waals surface area (Å²) in [6, 6.07) is 8.05. The molecule has 7 heteroatoms. The number of hydrogen-bond donors (Lipinski definition) is 1. The van der Waals surface area contributed by atoms with Crippen LogP contribution < -0.4 is 4.74 Å². The van der Waals surface area contributed by atoms with Gasteiger partial charge in [-0.2, -0.15) is 0 Å². The molecule has 0 radical (unpaired) electrons. The molecule has 1 aliphatic heterocycles. The molecule has 4 rings (SSSR count). The van der Waals surface area contributed by atoms with Crippen LogP contribution in [0.1, 0.15) is 30.7 Å². The highest BCUT2D eigenvalue weighted by Crippen LogP contribution is 2.30. The van der Waals surface area contributed by atoms with E-state index in [1.54, 1.807) is 11.8 Å². The number of aromatic amines is 1. The third kappa shape index (κ3) is 4.74. The summed E-state index contributed by atoms with van der Waals surface area (Å²) in [4.78, 5) is 12.6. The highest BCUT2D eigenvalue weighted by Gasteiger charge is 2.28. The predicted octanol–water partition coefficient (Wildman–Crippen LogP) is 4.64. The van der Waals surface area contributed by atoms with Crippen LogP contribution in [0, 0.1) is 19.8 Å². The first-order valence-electron chi connectivity index (χ1n) is 9.84. The molecule has 0 atom stereocenters. The van der Waals surface area contributed by atoms with Crippen LogP contribution in [0.5, 0.6) is 5.75 Å². The van der Waals surface area contributed by atoms with Crippen LogP contribution in [-0.4, -0.2) is 40.6 Å². The summed E-state index contributed by atoms with van der Waals surface area (Å²) >= 11 is 1.65. The molecular formula is C22H27N3O3S. The van der Waals surface area contributed by atoms with Crippen molar-refractivity contribution in [3.63, 3.8) is 0 Å². The maximum absolute atomic E-state index is 6.18.